The number of hydrogen-bond donors (Lipinski definition) is 1. The summed E-state index contributed by atoms with van der Waals surface area (Å²) in [5.41, 5.74) is 0.503. The van der Waals surface area contributed by atoms with Gasteiger partial charge in [-0.3, -0.25) is 9.59 Å². The van der Waals surface area contributed by atoms with Gasteiger partial charge in [0.05, 0.1) is 6.04 Å². The van der Waals surface area contributed by atoms with E-state index in [9.17, 15) is 14.0 Å². The van der Waals surface area contributed by atoms with Gasteiger partial charge in [-0.25, -0.2) is 4.39 Å². The van der Waals surface area contributed by atoms with Crippen molar-refractivity contribution in [3.05, 3.63) is 35.6 Å². The molecule has 4 atom stereocenters. The minimum Gasteiger partial charge on any atom is -0.349 e. The van der Waals surface area contributed by atoms with E-state index in [4.69, 9.17) is 0 Å². The van der Waals surface area contributed by atoms with Crippen molar-refractivity contribution in [2.75, 3.05) is 0 Å². The molecule has 0 spiro atoms. The lowest BCUT2D eigenvalue weighted by molar-refractivity contribution is -0.137. The average Bonchev–Trinajstić information content (AvgIpc) is 2.47. The van der Waals surface area contributed by atoms with Gasteiger partial charge in [0.15, 0.2) is 0 Å². The number of Topliss-reactive ketones (excluding diaryl/α,β-unsaturated/α-hetero) is 1. The Morgan fingerprint density at radius 3 is 2.50 bits per heavy atom. The van der Waals surface area contributed by atoms with Crippen LogP contribution in [0.5, 0.6) is 0 Å². The van der Waals surface area contributed by atoms with E-state index >= 15 is 0 Å². The van der Waals surface area contributed by atoms with Crippen molar-refractivity contribution in [2.24, 2.45) is 17.8 Å². The van der Waals surface area contributed by atoms with Gasteiger partial charge < -0.3 is 5.32 Å². The van der Waals surface area contributed by atoms with Gasteiger partial charge in [0, 0.05) is 23.3 Å². The Kier molecular flexibility index (Phi) is 4.27. The van der Waals surface area contributed by atoms with Gasteiger partial charge >= 0.3 is 0 Å². The number of fused-ring (bicyclic) bond motifs is 2. The summed E-state index contributed by atoms with van der Waals surface area (Å²) in [7, 11) is 0. The first-order valence-electron chi connectivity index (χ1n) is 8.14. The number of nitrogens with one attached hydrogen (secondary N) is 1. The predicted molar refractivity (Wildman–Crippen MR) is 81.5 cm³/mol. The molecule has 0 heterocycles. The predicted octanol–water partition coefficient (Wildman–Crippen LogP) is 3.40. The number of amides is 1. The highest BCUT2D eigenvalue weighted by Crippen LogP contribution is 2.40. The quantitative estimate of drug-likeness (QED) is 0.930. The number of halogens is 1. The summed E-state index contributed by atoms with van der Waals surface area (Å²) in [4.78, 5) is 24.6. The number of hydrogen-bond acceptors (Lipinski definition) is 2. The molecule has 2 aliphatic rings. The fourth-order valence-corrected chi connectivity index (χ4v) is 3.93. The molecule has 2 aliphatic carbocycles. The van der Waals surface area contributed by atoms with Gasteiger partial charge in [-0.15, -0.1) is 0 Å². The Bertz CT molecular complexity index is 570. The zero-order valence-corrected chi connectivity index (χ0v) is 12.8. The third-order valence-corrected chi connectivity index (χ3v) is 5.15. The Morgan fingerprint density at radius 1 is 1.23 bits per heavy atom. The number of rotatable bonds is 3. The minimum absolute atomic E-state index is 0.0415. The maximum Gasteiger partial charge on any atom is 0.223 e. The fourth-order valence-electron chi connectivity index (χ4n) is 3.93. The number of carbonyl (C=O) groups excluding carboxylic acids is 2. The van der Waals surface area contributed by atoms with Crippen molar-refractivity contribution in [3.8, 4) is 0 Å². The van der Waals surface area contributed by atoms with E-state index in [0.29, 0.717) is 24.2 Å². The topological polar surface area (TPSA) is 46.2 Å². The number of ketones is 1. The van der Waals surface area contributed by atoms with E-state index in [0.717, 1.165) is 19.3 Å². The summed E-state index contributed by atoms with van der Waals surface area (Å²) in [6.07, 6.45) is 4.25. The van der Waals surface area contributed by atoms with Gasteiger partial charge in [0.2, 0.25) is 5.91 Å². The van der Waals surface area contributed by atoms with E-state index in [1.54, 1.807) is 25.1 Å². The van der Waals surface area contributed by atoms with Crippen molar-refractivity contribution in [1.29, 1.82) is 0 Å². The molecule has 1 amide bonds. The van der Waals surface area contributed by atoms with Crippen molar-refractivity contribution in [1.82, 2.24) is 5.32 Å². The number of carbonyl (C=O) groups is 2. The van der Waals surface area contributed by atoms with Crippen molar-refractivity contribution in [3.63, 3.8) is 0 Å². The van der Waals surface area contributed by atoms with Crippen LogP contribution >= 0.6 is 0 Å². The smallest absolute Gasteiger partial charge is 0.223 e. The molecule has 1 unspecified atom stereocenters. The van der Waals surface area contributed by atoms with E-state index in [1.165, 1.54) is 6.07 Å². The summed E-state index contributed by atoms with van der Waals surface area (Å²) >= 11 is 0. The van der Waals surface area contributed by atoms with Gasteiger partial charge in [-0.2, -0.15) is 0 Å². The standard InChI is InChI=1S/C18H22FNO2/c1-11(15-7-2-3-8-16(15)19)20-18(22)14-9-12-5-4-6-13(10-14)17(12)21/h2-3,7-8,11-14H,4-6,9-10H2,1H3,(H,20,22)/t11-,12-,13+,14?/m1/s1. The van der Waals surface area contributed by atoms with Gasteiger partial charge in [-0.1, -0.05) is 24.6 Å². The van der Waals surface area contributed by atoms with E-state index in [2.05, 4.69) is 5.32 Å². The molecule has 2 fully saturated rings. The van der Waals surface area contributed by atoms with Crippen LogP contribution in [0.4, 0.5) is 4.39 Å². The molecule has 1 N–H and O–H groups in total. The van der Waals surface area contributed by atoms with Crippen LogP contribution in [0, 0.1) is 23.6 Å². The molecule has 0 aliphatic heterocycles. The Balaban J connectivity index is 1.65. The van der Waals surface area contributed by atoms with Gasteiger partial charge in [0.25, 0.3) is 0 Å². The van der Waals surface area contributed by atoms with Gasteiger partial charge in [0.1, 0.15) is 11.6 Å². The first-order chi connectivity index (χ1) is 10.6. The molecule has 4 heteroatoms. The van der Waals surface area contributed by atoms with Crippen LogP contribution < -0.4 is 5.32 Å². The van der Waals surface area contributed by atoms with E-state index in [1.807, 2.05) is 0 Å². The van der Waals surface area contributed by atoms with E-state index in [-0.39, 0.29) is 35.5 Å². The molecule has 2 bridgehead atoms. The molecular weight excluding hydrogens is 281 g/mol. The van der Waals surface area contributed by atoms with E-state index < -0.39 is 0 Å². The van der Waals surface area contributed by atoms with Crippen molar-refractivity contribution < 1.29 is 14.0 Å². The summed E-state index contributed by atoms with van der Waals surface area (Å²) in [5, 5.41) is 2.92. The highest BCUT2D eigenvalue weighted by molar-refractivity contribution is 5.88. The number of benzene rings is 1. The largest absolute Gasteiger partial charge is 0.349 e. The van der Waals surface area contributed by atoms with Crippen LogP contribution in [0.1, 0.15) is 50.6 Å². The maximum atomic E-state index is 13.8. The zero-order valence-electron chi connectivity index (χ0n) is 12.8. The zero-order chi connectivity index (χ0) is 15.7. The van der Waals surface area contributed by atoms with Crippen LogP contribution in [0.15, 0.2) is 24.3 Å². The fraction of sp³-hybridized carbons (Fsp3) is 0.556. The molecule has 0 saturated heterocycles. The third-order valence-electron chi connectivity index (χ3n) is 5.15. The highest BCUT2D eigenvalue weighted by atomic mass is 19.1. The monoisotopic (exact) mass is 303 g/mol. The molecule has 1 aromatic rings. The Morgan fingerprint density at radius 2 is 1.86 bits per heavy atom. The lowest BCUT2D eigenvalue weighted by Gasteiger charge is -2.37. The van der Waals surface area contributed by atoms with Crippen LogP contribution in [0.25, 0.3) is 0 Å². The second-order valence-electron chi connectivity index (χ2n) is 6.65. The summed E-state index contributed by atoms with van der Waals surface area (Å²) in [6.45, 7) is 1.80. The summed E-state index contributed by atoms with van der Waals surface area (Å²) in [5.74, 6) is 0.0323. The second kappa shape index (κ2) is 6.19. The Labute approximate surface area is 130 Å². The first kappa shape index (κ1) is 15.2. The first-order valence-corrected chi connectivity index (χ1v) is 8.14. The minimum atomic E-state index is -0.355. The summed E-state index contributed by atoms with van der Waals surface area (Å²) in [6, 6.07) is 6.15. The van der Waals surface area contributed by atoms with Crippen LogP contribution in [-0.4, -0.2) is 11.7 Å². The van der Waals surface area contributed by atoms with Crippen LogP contribution in [0.2, 0.25) is 0 Å². The molecule has 3 rings (SSSR count). The van der Waals surface area contributed by atoms with Gasteiger partial charge in [-0.05, 0) is 38.7 Å². The summed E-state index contributed by atoms with van der Waals surface area (Å²) < 4.78 is 13.8. The maximum absolute atomic E-state index is 13.8. The third kappa shape index (κ3) is 2.92. The second-order valence-corrected chi connectivity index (χ2v) is 6.65. The molecular formula is C18H22FNO2. The molecule has 118 valence electrons. The van der Waals surface area contributed by atoms with Crippen LogP contribution in [0.3, 0.4) is 0 Å². The lowest BCUT2D eigenvalue weighted by atomic mass is 9.67. The average molecular weight is 303 g/mol. The highest BCUT2D eigenvalue weighted by Gasteiger charge is 2.41. The molecule has 0 aromatic heterocycles. The molecule has 1 aromatic carbocycles. The molecule has 3 nitrogen and oxygen atoms in total. The normalized spacial score (nSPS) is 29.0. The van der Waals surface area contributed by atoms with Crippen LogP contribution in [-0.2, 0) is 9.59 Å². The van der Waals surface area contributed by atoms with Crippen molar-refractivity contribution >= 4 is 11.7 Å². The molecule has 0 radical (unpaired) electrons. The Hall–Kier alpha value is -1.71. The molecule has 2 saturated carbocycles. The van der Waals surface area contributed by atoms with Crippen molar-refractivity contribution in [2.45, 2.75) is 45.1 Å². The lowest BCUT2D eigenvalue weighted by Crippen LogP contribution is -2.43. The molecule has 22 heavy (non-hydrogen) atoms. The SMILES string of the molecule is C[C@@H](NC(=O)C1C[C@H]2CCC[C@@H](C1)C2=O)c1ccccc1F.